The SMILES string of the molecule is CC(=O)OCc1c(-c2cc(Nc3ccc(N4CCN(C)C(C)C4)cn3)c(=O)n(C)c2)cc(F)cc1N1CCn2c(cc3c2CCCC3)C1=O. The molecule has 12 heteroatoms. The van der Waals surface area contributed by atoms with Gasteiger partial charge in [0, 0.05) is 75.8 Å². The van der Waals surface area contributed by atoms with Crippen molar-refractivity contribution in [3.63, 3.8) is 0 Å². The number of fused-ring (bicyclic) bond motifs is 3. The van der Waals surface area contributed by atoms with Crippen molar-refractivity contribution in [2.75, 3.05) is 48.3 Å². The lowest BCUT2D eigenvalue weighted by Gasteiger charge is -2.38. The zero-order valence-corrected chi connectivity index (χ0v) is 28.5. The van der Waals surface area contributed by atoms with E-state index in [1.807, 2.05) is 18.2 Å². The number of likely N-dealkylation sites (N-methyl/N-ethyl adjacent to an activating group) is 1. The molecule has 4 aromatic rings. The summed E-state index contributed by atoms with van der Waals surface area (Å²) < 4.78 is 24.6. The molecule has 1 amide bonds. The van der Waals surface area contributed by atoms with Gasteiger partial charge in [-0.3, -0.25) is 14.4 Å². The fraction of sp³-hybridized carbons (Fsp3) is 0.405. The Morgan fingerprint density at radius 3 is 2.61 bits per heavy atom. The standard InChI is InChI=1S/C37H42FN7O4/c1-23-20-43(12-11-41(23)3)28-9-10-35(39-19-28)40-31-15-26(21-42(4)36(31)47)29-17-27(38)18-33(30(29)22-49-24(2)46)45-14-13-44-32-8-6-5-7-25(32)16-34(44)37(45)48/h9-10,15-19,21,23H,5-8,11-14,20,22H2,1-4H3,(H,39,40). The van der Waals surface area contributed by atoms with Gasteiger partial charge in [-0.2, -0.15) is 0 Å². The molecule has 1 saturated heterocycles. The average Bonchev–Trinajstić information content (AvgIpc) is 3.47. The van der Waals surface area contributed by atoms with Gasteiger partial charge in [0.1, 0.15) is 29.6 Å². The maximum absolute atomic E-state index is 15.6. The van der Waals surface area contributed by atoms with Crippen LogP contribution in [0, 0.1) is 5.82 Å². The average molecular weight is 668 g/mol. The van der Waals surface area contributed by atoms with E-state index >= 15 is 4.39 Å². The number of halogens is 1. The topological polar surface area (TPSA) is 105 Å². The van der Waals surface area contributed by atoms with Crippen LogP contribution in [-0.4, -0.2) is 70.2 Å². The predicted molar refractivity (Wildman–Crippen MR) is 187 cm³/mol. The monoisotopic (exact) mass is 667 g/mol. The van der Waals surface area contributed by atoms with E-state index in [1.165, 1.54) is 34.9 Å². The molecular formula is C37H42FN7O4. The number of hydrogen-bond donors (Lipinski definition) is 1. The third-order valence-corrected chi connectivity index (χ3v) is 10.2. The first-order valence-corrected chi connectivity index (χ1v) is 17.0. The smallest absolute Gasteiger partial charge is 0.302 e. The highest BCUT2D eigenvalue weighted by atomic mass is 19.1. The number of hydrogen-bond acceptors (Lipinski definition) is 8. The summed E-state index contributed by atoms with van der Waals surface area (Å²) in [6, 6.07) is 10.6. The minimum absolute atomic E-state index is 0.179. The largest absolute Gasteiger partial charge is 0.461 e. The van der Waals surface area contributed by atoms with Gasteiger partial charge in [-0.1, -0.05) is 0 Å². The molecule has 0 saturated carbocycles. The quantitative estimate of drug-likeness (QED) is 0.279. The number of anilines is 4. The Morgan fingerprint density at radius 2 is 1.86 bits per heavy atom. The zero-order valence-electron chi connectivity index (χ0n) is 28.5. The van der Waals surface area contributed by atoms with Crippen molar-refractivity contribution in [1.82, 2.24) is 19.0 Å². The summed E-state index contributed by atoms with van der Waals surface area (Å²) in [6.07, 6.45) is 7.51. The van der Waals surface area contributed by atoms with Gasteiger partial charge in [0.15, 0.2) is 0 Å². The highest BCUT2D eigenvalue weighted by Crippen LogP contribution is 2.37. The van der Waals surface area contributed by atoms with E-state index in [1.54, 1.807) is 30.4 Å². The number of amides is 1. The van der Waals surface area contributed by atoms with Crippen LogP contribution >= 0.6 is 0 Å². The van der Waals surface area contributed by atoms with Gasteiger partial charge in [0.05, 0.1) is 17.6 Å². The Kier molecular flexibility index (Phi) is 8.74. The minimum atomic E-state index is -0.552. The van der Waals surface area contributed by atoms with Crippen LogP contribution in [0.2, 0.25) is 0 Å². The molecule has 1 N–H and O–H groups in total. The summed E-state index contributed by atoms with van der Waals surface area (Å²) in [7, 11) is 3.75. The molecule has 0 bridgehead atoms. The lowest BCUT2D eigenvalue weighted by molar-refractivity contribution is -0.142. The summed E-state index contributed by atoms with van der Waals surface area (Å²) in [4.78, 5) is 50.2. The second-order valence-electron chi connectivity index (χ2n) is 13.4. The molecule has 1 unspecified atom stereocenters. The summed E-state index contributed by atoms with van der Waals surface area (Å²) in [5, 5.41) is 3.16. The highest BCUT2D eigenvalue weighted by molar-refractivity contribution is 6.07. The Balaban J connectivity index is 1.23. The number of esters is 1. The summed E-state index contributed by atoms with van der Waals surface area (Å²) in [6.45, 7) is 7.03. The molecule has 1 aliphatic carbocycles. The molecule has 11 nitrogen and oxygen atoms in total. The molecule has 0 radical (unpaired) electrons. The van der Waals surface area contributed by atoms with Crippen LogP contribution in [0.15, 0.2) is 53.6 Å². The number of ether oxygens (including phenoxy) is 1. The third-order valence-electron chi connectivity index (χ3n) is 10.2. The van der Waals surface area contributed by atoms with E-state index in [0.717, 1.165) is 51.0 Å². The van der Waals surface area contributed by atoms with Crippen molar-refractivity contribution in [2.45, 2.75) is 58.7 Å². The first-order chi connectivity index (χ1) is 23.6. The van der Waals surface area contributed by atoms with E-state index in [0.29, 0.717) is 53.0 Å². The Hall–Kier alpha value is -4.97. The zero-order chi connectivity index (χ0) is 34.4. The molecule has 1 aromatic carbocycles. The number of aryl methyl sites for hydroxylation is 2. The number of benzene rings is 1. The third kappa shape index (κ3) is 6.32. The van der Waals surface area contributed by atoms with Crippen LogP contribution < -0.4 is 20.7 Å². The Morgan fingerprint density at radius 1 is 1.04 bits per heavy atom. The van der Waals surface area contributed by atoms with Crippen LogP contribution in [0.1, 0.15) is 54.0 Å². The van der Waals surface area contributed by atoms with Gasteiger partial charge < -0.3 is 33.9 Å². The summed E-state index contributed by atoms with van der Waals surface area (Å²) >= 11 is 0. The van der Waals surface area contributed by atoms with Crippen molar-refractivity contribution in [2.24, 2.45) is 7.05 Å². The maximum Gasteiger partial charge on any atom is 0.302 e. The minimum Gasteiger partial charge on any atom is -0.461 e. The predicted octanol–water partition coefficient (Wildman–Crippen LogP) is 4.87. The normalized spacial score (nSPS) is 17.9. The number of nitrogens with one attached hydrogen (secondary N) is 1. The molecule has 3 aliphatic rings. The first kappa shape index (κ1) is 32.6. The number of carbonyl (C=O) groups is 2. The number of rotatable bonds is 7. The van der Waals surface area contributed by atoms with E-state index < -0.39 is 11.8 Å². The van der Waals surface area contributed by atoms with E-state index in [-0.39, 0.29) is 23.8 Å². The molecule has 2 aliphatic heterocycles. The van der Waals surface area contributed by atoms with Gasteiger partial charge in [-0.25, -0.2) is 9.37 Å². The van der Waals surface area contributed by atoms with Crippen molar-refractivity contribution in [1.29, 1.82) is 0 Å². The van der Waals surface area contributed by atoms with Crippen LogP contribution in [-0.2, 0) is 42.6 Å². The molecule has 1 fully saturated rings. The molecule has 1 atom stereocenters. The number of pyridine rings is 2. The lowest BCUT2D eigenvalue weighted by Crippen LogP contribution is -2.50. The number of piperazine rings is 1. The van der Waals surface area contributed by atoms with Crippen LogP contribution in [0.5, 0.6) is 0 Å². The van der Waals surface area contributed by atoms with Crippen molar-refractivity contribution >= 4 is 34.8 Å². The molecule has 5 heterocycles. The van der Waals surface area contributed by atoms with Crippen molar-refractivity contribution < 1.29 is 18.7 Å². The van der Waals surface area contributed by atoms with Gasteiger partial charge in [0.25, 0.3) is 11.5 Å². The molecule has 256 valence electrons. The van der Waals surface area contributed by atoms with Crippen molar-refractivity contribution in [3.05, 3.63) is 87.5 Å². The maximum atomic E-state index is 15.6. The first-order valence-electron chi connectivity index (χ1n) is 17.0. The number of nitrogens with zero attached hydrogens (tertiary/aromatic N) is 6. The highest BCUT2D eigenvalue weighted by Gasteiger charge is 2.32. The van der Waals surface area contributed by atoms with Crippen LogP contribution in [0.25, 0.3) is 11.1 Å². The van der Waals surface area contributed by atoms with Gasteiger partial charge >= 0.3 is 5.97 Å². The molecule has 0 spiro atoms. The molecule has 3 aromatic heterocycles. The molecular weight excluding hydrogens is 625 g/mol. The van der Waals surface area contributed by atoms with Crippen LogP contribution in [0.3, 0.4) is 0 Å². The van der Waals surface area contributed by atoms with Gasteiger partial charge in [0.2, 0.25) is 0 Å². The van der Waals surface area contributed by atoms with E-state index in [2.05, 4.69) is 38.6 Å². The fourth-order valence-electron chi connectivity index (χ4n) is 7.33. The van der Waals surface area contributed by atoms with E-state index in [4.69, 9.17) is 4.74 Å². The number of aromatic nitrogens is 3. The van der Waals surface area contributed by atoms with Gasteiger partial charge in [-0.05, 0) is 87.2 Å². The van der Waals surface area contributed by atoms with Gasteiger partial charge in [-0.15, -0.1) is 0 Å². The number of carbonyl (C=O) groups excluding carboxylic acids is 2. The molecule has 49 heavy (non-hydrogen) atoms. The van der Waals surface area contributed by atoms with Crippen molar-refractivity contribution in [3.8, 4) is 11.1 Å². The molecule has 7 rings (SSSR count). The second-order valence-corrected chi connectivity index (χ2v) is 13.4. The summed E-state index contributed by atoms with van der Waals surface area (Å²) in [5.74, 6) is -0.783. The Labute approximate surface area is 284 Å². The van der Waals surface area contributed by atoms with Crippen LogP contribution in [0.4, 0.5) is 27.3 Å². The van der Waals surface area contributed by atoms with E-state index in [9.17, 15) is 14.4 Å². The second kappa shape index (κ2) is 13.1. The fourth-order valence-corrected chi connectivity index (χ4v) is 7.33. The lowest BCUT2D eigenvalue weighted by atomic mass is 9.97. The Bertz CT molecular complexity index is 1990. The summed E-state index contributed by atoms with van der Waals surface area (Å²) in [5.41, 5.74) is 5.72.